The zero-order valence-corrected chi connectivity index (χ0v) is 17.8. The van der Waals surface area contributed by atoms with Gasteiger partial charge in [0.05, 0.1) is 16.8 Å². The van der Waals surface area contributed by atoms with Crippen molar-refractivity contribution in [1.82, 2.24) is 18.9 Å². The molecule has 0 atom stereocenters. The first kappa shape index (κ1) is 18.3. The molecule has 4 aromatic rings. The molecule has 1 aliphatic carbocycles. The number of thiophene rings is 1. The summed E-state index contributed by atoms with van der Waals surface area (Å²) in [4.78, 5) is 32.3. The average molecular weight is 425 g/mol. The Kier molecular flexibility index (Phi) is 4.22. The summed E-state index contributed by atoms with van der Waals surface area (Å²) in [6, 6.07) is 9.40. The Bertz CT molecular complexity index is 1430. The molecular weight excluding hydrogens is 404 g/mol. The molecule has 6 nitrogen and oxygen atoms in total. The number of aromatic amines is 1. The van der Waals surface area contributed by atoms with Crippen molar-refractivity contribution in [1.29, 1.82) is 0 Å². The molecule has 0 aliphatic heterocycles. The summed E-state index contributed by atoms with van der Waals surface area (Å²) >= 11 is 7.16. The van der Waals surface area contributed by atoms with Gasteiger partial charge < -0.3 is 4.98 Å². The monoisotopic (exact) mass is 424 g/mol. The minimum absolute atomic E-state index is 0.200. The quantitative estimate of drug-likeness (QED) is 0.498. The molecule has 1 aliphatic rings. The smallest absolute Gasteiger partial charge is 0.296 e. The van der Waals surface area contributed by atoms with Gasteiger partial charge in [-0.15, -0.1) is 11.3 Å². The van der Waals surface area contributed by atoms with E-state index < -0.39 is 0 Å². The highest BCUT2D eigenvalue weighted by Crippen LogP contribution is 2.33. The fraction of sp³-hybridized carbons (Fsp3) is 0.286. The molecule has 0 fully saturated rings. The van der Waals surface area contributed by atoms with E-state index in [0.29, 0.717) is 16.8 Å². The molecule has 148 valence electrons. The SMILES string of the molecule is Cc1c(-n2c(=S)[nH]c3sc4c(c3c2=O)CCCC4)c(=O)n(-c2ccccc2)n1C. The predicted octanol–water partition coefficient (Wildman–Crippen LogP) is 3.79. The third-order valence-corrected chi connectivity index (χ3v) is 7.25. The van der Waals surface area contributed by atoms with Crippen LogP contribution in [0, 0.1) is 11.7 Å². The summed E-state index contributed by atoms with van der Waals surface area (Å²) < 4.78 is 4.98. The number of hydrogen-bond donors (Lipinski definition) is 1. The molecule has 0 amide bonds. The Hall–Kier alpha value is -2.71. The van der Waals surface area contributed by atoms with Gasteiger partial charge in [0.1, 0.15) is 10.5 Å². The van der Waals surface area contributed by atoms with Gasteiger partial charge in [-0.05, 0) is 62.5 Å². The highest BCUT2D eigenvalue weighted by Gasteiger charge is 2.24. The van der Waals surface area contributed by atoms with E-state index in [0.717, 1.165) is 41.8 Å². The average Bonchev–Trinajstić information content (AvgIpc) is 3.18. The first-order valence-corrected chi connectivity index (χ1v) is 10.9. The van der Waals surface area contributed by atoms with E-state index in [2.05, 4.69) is 4.98 Å². The van der Waals surface area contributed by atoms with E-state index in [9.17, 15) is 9.59 Å². The zero-order chi connectivity index (χ0) is 20.3. The molecule has 3 aromatic heterocycles. The summed E-state index contributed by atoms with van der Waals surface area (Å²) in [7, 11) is 1.82. The summed E-state index contributed by atoms with van der Waals surface area (Å²) in [5.74, 6) is 0. The first-order chi connectivity index (χ1) is 14.0. The molecule has 3 heterocycles. The van der Waals surface area contributed by atoms with E-state index in [1.54, 1.807) is 20.7 Å². The third-order valence-electron chi connectivity index (χ3n) is 5.76. The second-order valence-corrected chi connectivity index (χ2v) is 8.89. The van der Waals surface area contributed by atoms with Gasteiger partial charge in [-0.25, -0.2) is 9.25 Å². The largest absolute Gasteiger partial charge is 0.323 e. The first-order valence-electron chi connectivity index (χ1n) is 9.63. The van der Waals surface area contributed by atoms with Gasteiger partial charge >= 0.3 is 0 Å². The van der Waals surface area contributed by atoms with Crippen molar-refractivity contribution in [3.8, 4) is 11.4 Å². The van der Waals surface area contributed by atoms with Crippen LogP contribution in [-0.4, -0.2) is 18.9 Å². The Morgan fingerprint density at radius 2 is 1.79 bits per heavy atom. The maximum atomic E-state index is 13.6. The topological polar surface area (TPSA) is 64.7 Å². The molecule has 1 aromatic carbocycles. The van der Waals surface area contributed by atoms with E-state index in [1.165, 1.54) is 9.44 Å². The van der Waals surface area contributed by atoms with Crippen molar-refractivity contribution >= 4 is 33.8 Å². The van der Waals surface area contributed by atoms with Crippen LogP contribution in [0.4, 0.5) is 0 Å². The number of rotatable bonds is 2. The van der Waals surface area contributed by atoms with Crippen LogP contribution in [0.25, 0.3) is 21.6 Å². The van der Waals surface area contributed by atoms with E-state index in [4.69, 9.17) is 12.2 Å². The lowest BCUT2D eigenvalue weighted by Crippen LogP contribution is -2.27. The minimum atomic E-state index is -0.263. The number of benzene rings is 1. The van der Waals surface area contributed by atoms with Gasteiger partial charge in [-0.2, -0.15) is 0 Å². The fourth-order valence-electron chi connectivity index (χ4n) is 4.25. The molecule has 1 N–H and O–H groups in total. The van der Waals surface area contributed by atoms with Crippen LogP contribution < -0.4 is 11.1 Å². The van der Waals surface area contributed by atoms with Crippen LogP contribution in [0.15, 0.2) is 39.9 Å². The standard InChI is InChI=1S/C21H20N4O2S2/c1-12-17(20(27)25(23(12)2)13-8-4-3-5-9-13)24-19(26)16-14-10-6-7-11-15(14)29-18(16)22-21(24)28/h3-5,8-9H,6-7,10-11H2,1-2H3,(H,22,28). The molecule has 0 unspecified atom stereocenters. The molecule has 5 rings (SSSR count). The molecule has 0 saturated heterocycles. The van der Waals surface area contributed by atoms with E-state index in [1.807, 2.05) is 44.3 Å². The maximum absolute atomic E-state index is 13.6. The van der Waals surface area contributed by atoms with Crippen LogP contribution in [0.3, 0.4) is 0 Å². The van der Waals surface area contributed by atoms with Gasteiger partial charge in [0.25, 0.3) is 11.1 Å². The molecule has 0 saturated carbocycles. The number of hydrogen-bond acceptors (Lipinski definition) is 4. The highest BCUT2D eigenvalue weighted by molar-refractivity contribution is 7.71. The van der Waals surface area contributed by atoms with Crippen LogP contribution >= 0.6 is 23.6 Å². The lowest BCUT2D eigenvalue weighted by atomic mass is 9.97. The number of aromatic nitrogens is 4. The van der Waals surface area contributed by atoms with Gasteiger partial charge in [-0.1, -0.05) is 18.2 Å². The third kappa shape index (κ3) is 2.63. The van der Waals surface area contributed by atoms with Crippen LogP contribution in [0.5, 0.6) is 0 Å². The maximum Gasteiger partial charge on any atom is 0.296 e. The second kappa shape index (κ2) is 6.67. The Balaban J connectivity index is 1.85. The summed E-state index contributed by atoms with van der Waals surface area (Å²) in [5.41, 5.74) is 2.39. The van der Waals surface area contributed by atoms with Gasteiger partial charge in [0.15, 0.2) is 4.77 Å². The number of nitrogens with one attached hydrogen (secondary N) is 1. The van der Waals surface area contributed by atoms with E-state index in [-0.39, 0.29) is 15.9 Å². The van der Waals surface area contributed by atoms with Crippen LogP contribution in [-0.2, 0) is 19.9 Å². The van der Waals surface area contributed by atoms with Crippen LogP contribution in [0.2, 0.25) is 0 Å². The van der Waals surface area contributed by atoms with Crippen molar-refractivity contribution in [3.63, 3.8) is 0 Å². The molecule has 8 heteroatoms. The van der Waals surface area contributed by atoms with Crippen molar-refractivity contribution in [2.75, 3.05) is 0 Å². The van der Waals surface area contributed by atoms with Gasteiger partial charge in [0, 0.05) is 11.9 Å². The molecule has 0 spiro atoms. The minimum Gasteiger partial charge on any atom is -0.323 e. The fourth-order valence-corrected chi connectivity index (χ4v) is 5.87. The summed E-state index contributed by atoms with van der Waals surface area (Å²) in [6.07, 6.45) is 4.13. The predicted molar refractivity (Wildman–Crippen MR) is 119 cm³/mol. The van der Waals surface area contributed by atoms with Crippen molar-refractivity contribution in [2.24, 2.45) is 7.05 Å². The molecule has 0 bridgehead atoms. The number of aryl methyl sites for hydroxylation is 2. The van der Waals surface area contributed by atoms with Crippen molar-refractivity contribution in [2.45, 2.75) is 32.6 Å². The number of H-pyrrole nitrogens is 1. The van der Waals surface area contributed by atoms with Gasteiger partial charge in [0.2, 0.25) is 0 Å². The Morgan fingerprint density at radius 3 is 2.55 bits per heavy atom. The normalized spacial score (nSPS) is 13.7. The zero-order valence-electron chi connectivity index (χ0n) is 16.2. The molecular formula is C21H20N4O2S2. The summed E-state index contributed by atoms with van der Waals surface area (Å²) in [5, 5.41) is 0.687. The van der Waals surface area contributed by atoms with Crippen molar-refractivity contribution < 1.29 is 0 Å². The van der Waals surface area contributed by atoms with E-state index >= 15 is 0 Å². The highest BCUT2D eigenvalue weighted by atomic mass is 32.1. The number of para-hydroxylation sites is 1. The van der Waals surface area contributed by atoms with Gasteiger partial charge in [-0.3, -0.25) is 14.3 Å². The second-order valence-electron chi connectivity index (χ2n) is 7.40. The Labute approximate surface area is 175 Å². The number of nitrogens with zero attached hydrogens (tertiary/aromatic N) is 3. The Morgan fingerprint density at radius 1 is 1.07 bits per heavy atom. The summed E-state index contributed by atoms with van der Waals surface area (Å²) in [6.45, 7) is 1.84. The lowest BCUT2D eigenvalue weighted by molar-refractivity contribution is 0.630. The van der Waals surface area contributed by atoms with Crippen LogP contribution in [0.1, 0.15) is 29.0 Å². The van der Waals surface area contributed by atoms with Crippen molar-refractivity contribution in [3.05, 3.63) is 71.9 Å². The molecule has 0 radical (unpaired) electrons. The lowest BCUT2D eigenvalue weighted by Gasteiger charge is -2.10. The molecule has 29 heavy (non-hydrogen) atoms. The number of fused-ring (bicyclic) bond motifs is 3.